The van der Waals surface area contributed by atoms with E-state index in [4.69, 9.17) is 17.3 Å². The zero-order valence-electron chi connectivity index (χ0n) is 12.4. The van der Waals surface area contributed by atoms with E-state index in [1.807, 2.05) is 13.8 Å². The second-order valence-electron chi connectivity index (χ2n) is 4.95. The maximum absolute atomic E-state index is 12.1. The Morgan fingerprint density at radius 3 is 2.71 bits per heavy atom. The quantitative estimate of drug-likeness (QED) is 0.853. The molecule has 1 heterocycles. The zero-order chi connectivity index (χ0) is 15.6. The van der Waals surface area contributed by atoms with Gasteiger partial charge in [-0.15, -0.1) is 0 Å². The molecule has 5 nitrogen and oxygen atoms in total. The fourth-order valence-electron chi connectivity index (χ4n) is 2.36. The van der Waals surface area contributed by atoms with Crippen molar-refractivity contribution in [3.8, 4) is 0 Å². The monoisotopic (exact) mass is 306 g/mol. The molecule has 1 amide bonds. The highest BCUT2D eigenvalue weighted by Gasteiger charge is 2.12. The van der Waals surface area contributed by atoms with Crippen LogP contribution in [-0.2, 0) is 17.8 Å². The minimum atomic E-state index is -0.148. The van der Waals surface area contributed by atoms with Crippen LogP contribution in [0.4, 0.5) is 11.4 Å². The summed E-state index contributed by atoms with van der Waals surface area (Å²) in [4.78, 5) is 12.1. The zero-order valence-corrected chi connectivity index (χ0v) is 13.2. The van der Waals surface area contributed by atoms with Crippen molar-refractivity contribution < 1.29 is 4.79 Å². The topological polar surface area (TPSA) is 72.9 Å². The van der Waals surface area contributed by atoms with E-state index in [1.54, 1.807) is 22.9 Å². The number of nitrogens with two attached hydrogens (primary N) is 1. The van der Waals surface area contributed by atoms with Gasteiger partial charge in [-0.2, -0.15) is 5.10 Å². The molecule has 0 fully saturated rings. The number of benzene rings is 1. The van der Waals surface area contributed by atoms with Crippen LogP contribution in [0.1, 0.15) is 23.9 Å². The summed E-state index contributed by atoms with van der Waals surface area (Å²) in [5.41, 5.74) is 9.97. The summed E-state index contributed by atoms with van der Waals surface area (Å²) < 4.78 is 1.72. The molecule has 2 aromatic rings. The molecule has 0 saturated carbocycles. The molecule has 3 N–H and O–H groups in total. The smallest absolute Gasteiger partial charge is 0.246 e. The lowest BCUT2D eigenvalue weighted by Crippen LogP contribution is -2.20. The Kier molecular flexibility index (Phi) is 4.53. The minimum absolute atomic E-state index is 0.148. The molecule has 1 aromatic heterocycles. The van der Waals surface area contributed by atoms with Crippen LogP contribution in [0.15, 0.2) is 18.2 Å². The van der Waals surface area contributed by atoms with Crippen LogP contribution in [0.5, 0.6) is 0 Å². The summed E-state index contributed by atoms with van der Waals surface area (Å²) in [6.45, 7) is 6.19. The lowest BCUT2D eigenvalue weighted by Gasteiger charge is -2.08. The summed E-state index contributed by atoms with van der Waals surface area (Å²) in [6, 6.07) is 5.01. The van der Waals surface area contributed by atoms with Crippen LogP contribution >= 0.6 is 11.6 Å². The van der Waals surface area contributed by atoms with Gasteiger partial charge >= 0.3 is 0 Å². The first-order chi connectivity index (χ1) is 9.92. The van der Waals surface area contributed by atoms with E-state index in [-0.39, 0.29) is 12.5 Å². The molecule has 0 aliphatic heterocycles. The maximum atomic E-state index is 12.1. The van der Waals surface area contributed by atoms with E-state index in [9.17, 15) is 4.79 Å². The molecule has 21 heavy (non-hydrogen) atoms. The normalized spacial score (nSPS) is 10.7. The van der Waals surface area contributed by atoms with Crippen LogP contribution in [-0.4, -0.2) is 15.7 Å². The van der Waals surface area contributed by atoms with Crippen molar-refractivity contribution in [1.82, 2.24) is 9.78 Å². The molecule has 0 unspecified atom stereocenters. The van der Waals surface area contributed by atoms with Crippen molar-refractivity contribution in [3.05, 3.63) is 40.2 Å². The van der Waals surface area contributed by atoms with Gasteiger partial charge in [-0.25, -0.2) is 0 Å². The van der Waals surface area contributed by atoms with Crippen molar-refractivity contribution in [2.45, 2.75) is 33.7 Å². The predicted molar refractivity (Wildman–Crippen MR) is 85.6 cm³/mol. The number of carbonyl (C=O) groups is 1. The molecule has 0 saturated heterocycles. The fraction of sp³-hybridized carbons (Fsp3) is 0.333. The Bertz CT molecular complexity index is 679. The van der Waals surface area contributed by atoms with Crippen molar-refractivity contribution in [1.29, 1.82) is 0 Å². The second kappa shape index (κ2) is 6.18. The predicted octanol–water partition coefficient (Wildman–Crippen LogP) is 2.94. The van der Waals surface area contributed by atoms with Gasteiger partial charge in [0.25, 0.3) is 0 Å². The minimum Gasteiger partial charge on any atom is -0.397 e. The molecule has 0 radical (unpaired) electrons. The summed E-state index contributed by atoms with van der Waals surface area (Å²) in [6.07, 6.45) is 0.910. The lowest BCUT2D eigenvalue weighted by molar-refractivity contribution is -0.116. The number of hydrogen-bond donors (Lipinski definition) is 2. The number of nitrogens with zero attached hydrogens (tertiary/aromatic N) is 2. The third kappa shape index (κ3) is 3.36. The van der Waals surface area contributed by atoms with Crippen LogP contribution in [0.25, 0.3) is 0 Å². The van der Waals surface area contributed by atoms with Gasteiger partial charge in [-0.1, -0.05) is 18.5 Å². The molecular formula is C15H19ClN4O. The maximum Gasteiger partial charge on any atom is 0.246 e. The van der Waals surface area contributed by atoms with E-state index >= 15 is 0 Å². The van der Waals surface area contributed by atoms with Gasteiger partial charge in [0.2, 0.25) is 5.91 Å². The standard InChI is InChI=1S/C15H19ClN4O/c1-4-12-9(2)19-20(10(12)3)8-15(21)18-11-5-6-13(16)14(17)7-11/h5-7H,4,8,17H2,1-3H3,(H,18,21). The van der Waals surface area contributed by atoms with Gasteiger partial charge < -0.3 is 11.1 Å². The molecule has 1 aromatic carbocycles. The SMILES string of the molecule is CCc1c(C)nn(CC(=O)Nc2ccc(Cl)c(N)c2)c1C. The molecule has 0 aliphatic carbocycles. The highest BCUT2D eigenvalue weighted by Crippen LogP contribution is 2.22. The molecule has 6 heteroatoms. The first kappa shape index (κ1) is 15.4. The first-order valence-corrected chi connectivity index (χ1v) is 7.18. The van der Waals surface area contributed by atoms with Gasteiger partial charge in [-0.3, -0.25) is 9.48 Å². The van der Waals surface area contributed by atoms with Crippen LogP contribution in [0.3, 0.4) is 0 Å². The van der Waals surface area contributed by atoms with Crippen molar-refractivity contribution in [3.63, 3.8) is 0 Å². The number of anilines is 2. The van der Waals surface area contributed by atoms with E-state index < -0.39 is 0 Å². The van der Waals surface area contributed by atoms with Gasteiger partial charge in [-0.05, 0) is 44.0 Å². The molecule has 0 bridgehead atoms. The number of hydrogen-bond acceptors (Lipinski definition) is 3. The number of nitrogen functional groups attached to an aromatic ring is 1. The van der Waals surface area contributed by atoms with Crippen LogP contribution < -0.4 is 11.1 Å². The lowest BCUT2D eigenvalue weighted by atomic mass is 10.1. The molecular weight excluding hydrogens is 288 g/mol. The number of nitrogens with one attached hydrogen (secondary N) is 1. The Labute approximate surface area is 129 Å². The highest BCUT2D eigenvalue weighted by molar-refractivity contribution is 6.33. The molecule has 0 spiro atoms. The average Bonchev–Trinajstić information content (AvgIpc) is 2.68. The van der Waals surface area contributed by atoms with Crippen LogP contribution in [0.2, 0.25) is 5.02 Å². The molecule has 0 atom stereocenters. The number of amides is 1. The van der Waals surface area contributed by atoms with Gasteiger partial charge in [0.15, 0.2) is 0 Å². The second-order valence-corrected chi connectivity index (χ2v) is 5.35. The Hall–Kier alpha value is -2.01. The Morgan fingerprint density at radius 1 is 1.43 bits per heavy atom. The van der Waals surface area contributed by atoms with Crippen molar-refractivity contribution >= 4 is 28.9 Å². The number of aromatic nitrogens is 2. The number of halogens is 1. The van der Waals surface area contributed by atoms with Crippen LogP contribution in [0, 0.1) is 13.8 Å². The molecule has 2 rings (SSSR count). The van der Waals surface area contributed by atoms with E-state index in [0.717, 1.165) is 17.8 Å². The van der Waals surface area contributed by atoms with Crippen molar-refractivity contribution in [2.75, 3.05) is 11.1 Å². The Balaban J connectivity index is 2.10. The number of carbonyl (C=O) groups excluding carboxylic acids is 1. The summed E-state index contributed by atoms with van der Waals surface area (Å²) in [5, 5.41) is 7.67. The fourth-order valence-corrected chi connectivity index (χ4v) is 2.48. The average molecular weight is 307 g/mol. The molecule has 112 valence electrons. The summed E-state index contributed by atoms with van der Waals surface area (Å²) in [5.74, 6) is -0.148. The third-order valence-corrected chi connectivity index (χ3v) is 3.80. The number of aryl methyl sites for hydroxylation is 1. The number of rotatable bonds is 4. The van der Waals surface area contributed by atoms with E-state index in [0.29, 0.717) is 16.4 Å². The van der Waals surface area contributed by atoms with E-state index in [2.05, 4.69) is 17.3 Å². The molecule has 0 aliphatic rings. The van der Waals surface area contributed by atoms with Gasteiger partial charge in [0.1, 0.15) is 6.54 Å². The summed E-state index contributed by atoms with van der Waals surface area (Å²) in [7, 11) is 0. The Morgan fingerprint density at radius 2 is 2.14 bits per heavy atom. The summed E-state index contributed by atoms with van der Waals surface area (Å²) >= 11 is 5.85. The van der Waals surface area contributed by atoms with Gasteiger partial charge in [0.05, 0.1) is 16.4 Å². The van der Waals surface area contributed by atoms with Crippen molar-refractivity contribution in [2.24, 2.45) is 0 Å². The highest BCUT2D eigenvalue weighted by atomic mass is 35.5. The first-order valence-electron chi connectivity index (χ1n) is 6.80. The van der Waals surface area contributed by atoms with E-state index in [1.165, 1.54) is 5.56 Å². The third-order valence-electron chi connectivity index (χ3n) is 3.46. The van der Waals surface area contributed by atoms with Gasteiger partial charge in [0, 0.05) is 11.4 Å². The largest absolute Gasteiger partial charge is 0.397 e.